The molecule has 2 aromatic carbocycles. The van der Waals surface area contributed by atoms with Gasteiger partial charge in [0.05, 0.1) is 17.4 Å². The quantitative estimate of drug-likeness (QED) is 0.814. The Morgan fingerprint density at radius 1 is 1.22 bits per heavy atom. The standard InChI is InChI=1S/C14H14ClFN2/c1-9(11-4-2-3-5-12(11)15)18-14-8-10(16)6-7-13(14)17/h2-9,18H,17H2,1H3. The summed E-state index contributed by atoms with van der Waals surface area (Å²) in [6, 6.07) is 11.7. The van der Waals surface area contributed by atoms with E-state index in [1.807, 2.05) is 31.2 Å². The Morgan fingerprint density at radius 2 is 1.94 bits per heavy atom. The van der Waals surface area contributed by atoms with Crippen molar-refractivity contribution in [1.82, 2.24) is 0 Å². The lowest BCUT2D eigenvalue weighted by Gasteiger charge is -2.18. The SMILES string of the molecule is CC(Nc1cc(F)ccc1N)c1ccccc1Cl. The van der Waals surface area contributed by atoms with Gasteiger partial charge in [-0.25, -0.2) is 4.39 Å². The fraction of sp³-hybridized carbons (Fsp3) is 0.143. The van der Waals surface area contributed by atoms with Crippen LogP contribution < -0.4 is 11.1 Å². The van der Waals surface area contributed by atoms with Crippen molar-refractivity contribution in [3.05, 3.63) is 58.9 Å². The van der Waals surface area contributed by atoms with E-state index < -0.39 is 0 Å². The van der Waals surface area contributed by atoms with Crippen molar-refractivity contribution in [2.75, 3.05) is 11.1 Å². The first-order valence-electron chi connectivity index (χ1n) is 5.64. The number of hydrogen-bond donors (Lipinski definition) is 2. The summed E-state index contributed by atoms with van der Waals surface area (Å²) in [5.74, 6) is -0.321. The number of nitrogens with one attached hydrogen (secondary N) is 1. The molecule has 0 heterocycles. The first kappa shape index (κ1) is 12.7. The monoisotopic (exact) mass is 264 g/mol. The summed E-state index contributed by atoms with van der Waals surface area (Å²) in [5, 5.41) is 3.83. The Hall–Kier alpha value is -1.74. The van der Waals surface area contributed by atoms with Crippen molar-refractivity contribution in [3.8, 4) is 0 Å². The number of benzene rings is 2. The molecule has 0 amide bonds. The molecule has 0 aliphatic heterocycles. The molecule has 0 bridgehead atoms. The van der Waals surface area contributed by atoms with Crippen LogP contribution in [-0.2, 0) is 0 Å². The van der Waals surface area contributed by atoms with Crippen LogP contribution in [-0.4, -0.2) is 0 Å². The summed E-state index contributed by atoms with van der Waals surface area (Å²) >= 11 is 6.11. The highest BCUT2D eigenvalue weighted by Crippen LogP contribution is 2.28. The van der Waals surface area contributed by atoms with E-state index in [9.17, 15) is 4.39 Å². The van der Waals surface area contributed by atoms with Crippen LogP contribution in [0.3, 0.4) is 0 Å². The minimum atomic E-state index is -0.321. The van der Waals surface area contributed by atoms with E-state index in [0.717, 1.165) is 5.56 Å². The molecule has 0 radical (unpaired) electrons. The van der Waals surface area contributed by atoms with E-state index in [1.54, 1.807) is 0 Å². The van der Waals surface area contributed by atoms with Crippen LogP contribution >= 0.6 is 11.6 Å². The third-order valence-corrected chi connectivity index (χ3v) is 3.10. The van der Waals surface area contributed by atoms with Crippen LogP contribution in [0.2, 0.25) is 5.02 Å². The minimum Gasteiger partial charge on any atom is -0.397 e. The molecular weight excluding hydrogens is 251 g/mol. The molecule has 3 N–H and O–H groups in total. The molecule has 0 aliphatic rings. The highest BCUT2D eigenvalue weighted by atomic mass is 35.5. The van der Waals surface area contributed by atoms with E-state index in [4.69, 9.17) is 17.3 Å². The molecule has 4 heteroatoms. The molecule has 2 rings (SSSR count). The number of anilines is 2. The first-order valence-corrected chi connectivity index (χ1v) is 6.01. The second-order valence-electron chi connectivity index (χ2n) is 4.12. The van der Waals surface area contributed by atoms with E-state index in [1.165, 1.54) is 18.2 Å². The molecule has 0 saturated heterocycles. The van der Waals surface area contributed by atoms with Crippen LogP contribution in [0.4, 0.5) is 15.8 Å². The van der Waals surface area contributed by atoms with Crippen LogP contribution in [0, 0.1) is 5.82 Å². The van der Waals surface area contributed by atoms with Crippen molar-refractivity contribution in [2.45, 2.75) is 13.0 Å². The van der Waals surface area contributed by atoms with Gasteiger partial charge in [0.25, 0.3) is 0 Å². The molecule has 2 nitrogen and oxygen atoms in total. The molecule has 0 spiro atoms. The maximum Gasteiger partial charge on any atom is 0.125 e. The highest BCUT2D eigenvalue weighted by Gasteiger charge is 2.10. The maximum absolute atomic E-state index is 13.2. The van der Waals surface area contributed by atoms with Gasteiger partial charge in [-0.3, -0.25) is 0 Å². The van der Waals surface area contributed by atoms with Gasteiger partial charge in [-0.05, 0) is 36.8 Å². The van der Waals surface area contributed by atoms with E-state index in [-0.39, 0.29) is 11.9 Å². The Bertz CT molecular complexity index is 557. The summed E-state index contributed by atoms with van der Waals surface area (Å²) in [4.78, 5) is 0. The zero-order valence-corrected chi connectivity index (χ0v) is 10.7. The van der Waals surface area contributed by atoms with Crippen LogP contribution in [0.15, 0.2) is 42.5 Å². The number of nitrogen functional groups attached to an aromatic ring is 1. The van der Waals surface area contributed by atoms with Crippen LogP contribution in [0.5, 0.6) is 0 Å². The summed E-state index contributed by atoms with van der Waals surface area (Å²) < 4.78 is 13.2. The van der Waals surface area contributed by atoms with Gasteiger partial charge in [0.15, 0.2) is 0 Å². The van der Waals surface area contributed by atoms with Crippen molar-refractivity contribution in [2.24, 2.45) is 0 Å². The van der Waals surface area contributed by atoms with E-state index in [0.29, 0.717) is 16.4 Å². The van der Waals surface area contributed by atoms with Gasteiger partial charge in [-0.1, -0.05) is 29.8 Å². The lowest BCUT2D eigenvalue weighted by atomic mass is 10.1. The zero-order valence-electron chi connectivity index (χ0n) is 9.95. The van der Waals surface area contributed by atoms with Crippen molar-refractivity contribution in [3.63, 3.8) is 0 Å². The van der Waals surface area contributed by atoms with E-state index >= 15 is 0 Å². The summed E-state index contributed by atoms with van der Waals surface area (Å²) in [7, 11) is 0. The van der Waals surface area contributed by atoms with Crippen molar-refractivity contribution >= 4 is 23.0 Å². The molecular formula is C14H14ClFN2. The average molecular weight is 265 g/mol. The predicted molar refractivity (Wildman–Crippen MR) is 74.3 cm³/mol. The van der Waals surface area contributed by atoms with Gasteiger partial charge in [-0.2, -0.15) is 0 Å². The van der Waals surface area contributed by atoms with Gasteiger partial charge in [0, 0.05) is 5.02 Å². The van der Waals surface area contributed by atoms with Crippen molar-refractivity contribution < 1.29 is 4.39 Å². The molecule has 0 saturated carbocycles. The molecule has 0 aromatic heterocycles. The van der Waals surface area contributed by atoms with E-state index in [2.05, 4.69) is 5.32 Å². The number of halogens is 2. The topological polar surface area (TPSA) is 38.0 Å². The fourth-order valence-corrected chi connectivity index (χ4v) is 2.09. The van der Waals surface area contributed by atoms with Gasteiger partial charge >= 0.3 is 0 Å². The maximum atomic E-state index is 13.2. The smallest absolute Gasteiger partial charge is 0.125 e. The zero-order chi connectivity index (χ0) is 13.1. The minimum absolute atomic E-state index is 0.0530. The first-order chi connectivity index (χ1) is 8.58. The van der Waals surface area contributed by atoms with Gasteiger partial charge in [0.1, 0.15) is 5.82 Å². The molecule has 94 valence electrons. The lowest BCUT2D eigenvalue weighted by molar-refractivity contribution is 0.628. The molecule has 1 unspecified atom stereocenters. The highest BCUT2D eigenvalue weighted by molar-refractivity contribution is 6.31. The molecule has 2 aromatic rings. The molecule has 0 aliphatic carbocycles. The van der Waals surface area contributed by atoms with Crippen LogP contribution in [0.1, 0.15) is 18.5 Å². The van der Waals surface area contributed by atoms with Gasteiger partial charge in [0.2, 0.25) is 0 Å². The Morgan fingerprint density at radius 3 is 2.67 bits per heavy atom. The third kappa shape index (κ3) is 2.74. The third-order valence-electron chi connectivity index (χ3n) is 2.76. The average Bonchev–Trinajstić information content (AvgIpc) is 2.34. The summed E-state index contributed by atoms with van der Waals surface area (Å²) in [5.41, 5.74) is 7.82. The Balaban J connectivity index is 2.24. The Kier molecular flexibility index (Phi) is 3.72. The normalized spacial score (nSPS) is 12.2. The lowest BCUT2D eigenvalue weighted by Crippen LogP contribution is -2.09. The van der Waals surface area contributed by atoms with Crippen molar-refractivity contribution in [1.29, 1.82) is 0 Å². The molecule has 0 fully saturated rings. The molecule has 1 atom stereocenters. The number of rotatable bonds is 3. The number of nitrogens with two attached hydrogens (primary N) is 1. The largest absolute Gasteiger partial charge is 0.397 e. The summed E-state index contributed by atoms with van der Waals surface area (Å²) in [6.07, 6.45) is 0. The Labute approximate surface area is 111 Å². The summed E-state index contributed by atoms with van der Waals surface area (Å²) in [6.45, 7) is 1.95. The second kappa shape index (κ2) is 5.27. The number of hydrogen-bond acceptors (Lipinski definition) is 2. The van der Waals surface area contributed by atoms with Crippen LogP contribution in [0.25, 0.3) is 0 Å². The second-order valence-corrected chi connectivity index (χ2v) is 4.53. The van der Waals surface area contributed by atoms with Gasteiger partial charge < -0.3 is 11.1 Å². The fourth-order valence-electron chi connectivity index (χ4n) is 1.79. The van der Waals surface area contributed by atoms with Gasteiger partial charge in [-0.15, -0.1) is 0 Å². The predicted octanol–water partition coefficient (Wildman–Crippen LogP) is 4.23. The molecule has 18 heavy (non-hydrogen) atoms.